The van der Waals surface area contributed by atoms with E-state index in [2.05, 4.69) is 0 Å². The van der Waals surface area contributed by atoms with Gasteiger partial charge >= 0.3 is 5.97 Å². The van der Waals surface area contributed by atoms with Gasteiger partial charge in [0.1, 0.15) is 22.7 Å². The molecule has 0 aliphatic carbocycles. The number of rotatable bonds is 6. The van der Waals surface area contributed by atoms with Crippen molar-refractivity contribution in [3.05, 3.63) is 78.1 Å². The van der Waals surface area contributed by atoms with Gasteiger partial charge in [0.25, 0.3) is 5.91 Å². The quantitative estimate of drug-likeness (QED) is 0.502. The monoisotopic (exact) mass is 393 g/mol. The van der Waals surface area contributed by atoms with Crippen molar-refractivity contribution in [3.8, 4) is 5.75 Å². The fourth-order valence-electron chi connectivity index (χ4n) is 3.03. The van der Waals surface area contributed by atoms with Gasteiger partial charge in [-0.2, -0.15) is 0 Å². The molecule has 3 aromatic carbocycles. The second kappa shape index (κ2) is 7.63. The summed E-state index contributed by atoms with van der Waals surface area (Å²) in [4.78, 5) is 23.8. The SMILES string of the molecule is NC(=O)[C@@H](OC(=O)COc1ccc2oc3ccccc3c2c1)c1ccc(F)cc1. The zero-order chi connectivity index (χ0) is 20.4. The number of ether oxygens (including phenoxy) is 2. The Kier molecular flexibility index (Phi) is 4.87. The van der Waals surface area contributed by atoms with Gasteiger partial charge in [0, 0.05) is 16.3 Å². The maximum Gasteiger partial charge on any atom is 0.345 e. The Morgan fingerprint density at radius 1 is 0.966 bits per heavy atom. The number of hydrogen-bond acceptors (Lipinski definition) is 5. The van der Waals surface area contributed by atoms with Crippen molar-refractivity contribution in [1.82, 2.24) is 0 Å². The lowest BCUT2D eigenvalue weighted by atomic mass is 10.1. The van der Waals surface area contributed by atoms with Gasteiger partial charge in [0.15, 0.2) is 6.61 Å². The maximum absolute atomic E-state index is 13.1. The van der Waals surface area contributed by atoms with Crippen LogP contribution in [0.3, 0.4) is 0 Å². The molecule has 1 heterocycles. The molecule has 0 saturated heterocycles. The van der Waals surface area contributed by atoms with Crippen molar-refractivity contribution in [2.45, 2.75) is 6.10 Å². The van der Waals surface area contributed by atoms with Crippen molar-refractivity contribution in [1.29, 1.82) is 0 Å². The summed E-state index contributed by atoms with van der Waals surface area (Å²) in [6.45, 7) is -0.424. The molecule has 4 aromatic rings. The summed E-state index contributed by atoms with van der Waals surface area (Å²) in [5.41, 5.74) is 7.03. The molecule has 1 aromatic heterocycles. The molecule has 0 aliphatic heterocycles. The Labute approximate surface area is 164 Å². The highest BCUT2D eigenvalue weighted by Gasteiger charge is 2.23. The zero-order valence-electron chi connectivity index (χ0n) is 15.1. The van der Waals surface area contributed by atoms with E-state index in [1.165, 1.54) is 12.1 Å². The highest BCUT2D eigenvalue weighted by atomic mass is 19.1. The van der Waals surface area contributed by atoms with Gasteiger partial charge < -0.3 is 19.6 Å². The lowest BCUT2D eigenvalue weighted by Gasteiger charge is -2.15. The topological polar surface area (TPSA) is 91.8 Å². The number of primary amides is 1. The number of benzene rings is 3. The zero-order valence-corrected chi connectivity index (χ0v) is 15.1. The van der Waals surface area contributed by atoms with Crippen LogP contribution in [0.4, 0.5) is 4.39 Å². The molecule has 29 heavy (non-hydrogen) atoms. The van der Waals surface area contributed by atoms with Gasteiger partial charge in [-0.15, -0.1) is 0 Å². The van der Waals surface area contributed by atoms with E-state index < -0.39 is 30.4 Å². The first-order chi connectivity index (χ1) is 14.0. The summed E-state index contributed by atoms with van der Waals surface area (Å²) in [5.74, 6) is -1.68. The first-order valence-electron chi connectivity index (χ1n) is 8.79. The van der Waals surface area contributed by atoms with E-state index in [4.69, 9.17) is 19.6 Å². The van der Waals surface area contributed by atoms with Gasteiger partial charge in [-0.05, 0) is 36.4 Å². The molecule has 0 spiro atoms. The number of carbonyl (C=O) groups excluding carboxylic acids is 2. The van der Waals surface area contributed by atoms with Crippen molar-refractivity contribution in [3.63, 3.8) is 0 Å². The Hall–Kier alpha value is -3.87. The molecule has 0 bridgehead atoms. The van der Waals surface area contributed by atoms with E-state index in [1.54, 1.807) is 18.2 Å². The van der Waals surface area contributed by atoms with E-state index in [1.807, 2.05) is 24.3 Å². The van der Waals surface area contributed by atoms with Crippen LogP contribution in [0.5, 0.6) is 5.75 Å². The highest BCUT2D eigenvalue weighted by molar-refractivity contribution is 6.05. The van der Waals surface area contributed by atoms with Gasteiger partial charge in [-0.25, -0.2) is 9.18 Å². The fraction of sp³-hybridized carbons (Fsp3) is 0.0909. The summed E-state index contributed by atoms with van der Waals surface area (Å²) in [5, 5.41) is 1.79. The Bertz CT molecular complexity index is 1200. The van der Waals surface area contributed by atoms with Gasteiger partial charge in [-0.3, -0.25) is 4.79 Å². The molecular formula is C22H16FNO5. The minimum Gasteiger partial charge on any atom is -0.482 e. The molecule has 2 N–H and O–H groups in total. The molecule has 0 aliphatic rings. The van der Waals surface area contributed by atoms with Crippen LogP contribution >= 0.6 is 0 Å². The number of halogens is 1. The van der Waals surface area contributed by atoms with E-state index in [0.29, 0.717) is 11.3 Å². The molecular weight excluding hydrogens is 377 g/mol. The molecule has 4 rings (SSSR count). The van der Waals surface area contributed by atoms with Crippen molar-refractivity contribution in [2.24, 2.45) is 5.73 Å². The predicted molar refractivity (Wildman–Crippen MR) is 104 cm³/mol. The van der Waals surface area contributed by atoms with Crippen LogP contribution in [0, 0.1) is 5.82 Å². The molecule has 0 radical (unpaired) electrons. The Morgan fingerprint density at radius 2 is 1.69 bits per heavy atom. The fourth-order valence-corrected chi connectivity index (χ4v) is 3.03. The third-order valence-corrected chi connectivity index (χ3v) is 4.39. The van der Waals surface area contributed by atoms with Crippen molar-refractivity contribution in [2.75, 3.05) is 6.61 Å². The van der Waals surface area contributed by atoms with Crippen LogP contribution in [0.2, 0.25) is 0 Å². The van der Waals surface area contributed by atoms with Crippen LogP contribution < -0.4 is 10.5 Å². The number of para-hydroxylation sites is 1. The standard InChI is InChI=1S/C22H16FNO5/c23-14-7-5-13(6-8-14)21(22(24)26)29-20(25)12-27-15-9-10-19-17(11-15)16-3-1-2-4-18(16)28-19/h1-11,21H,12H2,(H2,24,26)/t21-/m0/s1. The van der Waals surface area contributed by atoms with E-state index in [0.717, 1.165) is 28.5 Å². The second-order valence-corrected chi connectivity index (χ2v) is 6.37. The predicted octanol–water partition coefficient (Wildman–Crippen LogP) is 3.87. The summed E-state index contributed by atoms with van der Waals surface area (Å²) in [6.07, 6.45) is -1.33. The molecule has 1 atom stereocenters. The number of amides is 1. The van der Waals surface area contributed by atoms with Crippen molar-refractivity contribution >= 4 is 33.8 Å². The average molecular weight is 393 g/mol. The summed E-state index contributed by atoms with van der Waals surface area (Å²) < 4.78 is 29.4. The first kappa shape index (κ1) is 18.5. The third-order valence-electron chi connectivity index (χ3n) is 4.39. The normalized spacial score (nSPS) is 12.0. The van der Waals surface area contributed by atoms with Crippen molar-refractivity contribution < 1.29 is 27.9 Å². The Balaban J connectivity index is 1.46. The van der Waals surface area contributed by atoms with Crippen LogP contribution in [-0.2, 0) is 14.3 Å². The number of fused-ring (bicyclic) bond motifs is 3. The minimum absolute atomic E-state index is 0.276. The molecule has 0 saturated carbocycles. The molecule has 6 nitrogen and oxygen atoms in total. The number of furan rings is 1. The molecule has 1 amide bonds. The Morgan fingerprint density at radius 3 is 2.45 bits per heavy atom. The van der Waals surface area contributed by atoms with Crippen LogP contribution in [0.1, 0.15) is 11.7 Å². The molecule has 7 heteroatoms. The summed E-state index contributed by atoms with van der Waals surface area (Å²) in [6, 6.07) is 17.7. The number of esters is 1. The largest absolute Gasteiger partial charge is 0.482 e. The van der Waals surface area contributed by atoms with Crippen LogP contribution in [-0.4, -0.2) is 18.5 Å². The third kappa shape index (κ3) is 3.89. The van der Waals surface area contributed by atoms with E-state index in [-0.39, 0.29) is 5.56 Å². The number of hydrogen-bond donors (Lipinski definition) is 1. The molecule has 146 valence electrons. The smallest absolute Gasteiger partial charge is 0.345 e. The van der Waals surface area contributed by atoms with Gasteiger partial charge in [0.05, 0.1) is 0 Å². The lowest BCUT2D eigenvalue weighted by Crippen LogP contribution is -2.28. The average Bonchev–Trinajstić information content (AvgIpc) is 3.09. The second-order valence-electron chi connectivity index (χ2n) is 6.37. The summed E-state index contributed by atoms with van der Waals surface area (Å²) in [7, 11) is 0. The van der Waals surface area contributed by atoms with Gasteiger partial charge in [-0.1, -0.05) is 30.3 Å². The molecule has 0 fully saturated rings. The maximum atomic E-state index is 13.1. The van der Waals surface area contributed by atoms with E-state index in [9.17, 15) is 14.0 Å². The molecule has 0 unspecified atom stereocenters. The van der Waals surface area contributed by atoms with E-state index >= 15 is 0 Å². The number of nitrogens with two attached hydrogens (primary N) is 1. The highest BCUT2D eigenvalue weighted by Crippen LogP contribution is 2.31. The first-order valence-corrected chi connectivity index (χ1v) is 8.79. The summed E-state index contributed by atoms with van der Waals surface area (Å²) >= 11 is 0. The van der Waals surface area contributed by atoms with Crippen LogP contribution in [0.15, 0.2) is 71.1 Å². The van der Waals surface area contributed by atoms with Gasteiger partial charge in [0.2, 0.25) is 6.10 Å². The number of carbonyl (C=O) groups is 2. The minimum atomic E-state index is -1.33. The lowest BCUT2D eigenvalue weighted by molar-refractivity contribution is -0.157. The van der Waals surface area contributed by atoms with Crippen LogP contribution in [0.25, 0.3) is 21.9 Å².